The van der Waals surface area contributed by atoms with E-state index in [4.69, 9.17) is 21.3 Å². The van der Waals surface area contributed by atoms with Crippen molar-refractivity contribution in [2.75, 3.05) is 18.1 Å². The maximum absolute atomic E-state index is 13.0. The van der Waals surface area contributed by atoms with E-state index in [-0.39, 0.29) is 11.8 Å². The van der Waals surface area contributed by atoms with Crippen molar-refractivity contribution in [2.24, 2.45) is 0 Å². The summed E-state index contributed by atoms with van der Waals surface area (Å²) < 4.78 is 8.43. The first kappa shape index (κ1) is 23.4. The topological polar surface area (TPSA) is 47.4 Å². The monoisotopic (exact) mass is 487 g/mol. The van der Waals surface area contributed by atoms with Gasteiger partial charge in [-0.1, -0.05) is 67.9 Å². The fourth-order valence-electron chi connectivity index (χ4n) is 4.92. The molecule has 0 bridgehead atoms. The number of imidazole rings is 1. The molecule has 1 atom stereocenters. The minimum absolute atomic E-state index is 0.00811. The van der Waals surface area contributed by atoms with Crippen LogP contribution in [0.25, 0.3) is 11.0 Å². The summed E-state index contributed by atoms with van der Waals surface area (Å²) in [6.45, 7) is 6.33. The molecule has 1 aliphatic heterocycles. The molecule has 1 unspecified atom stereocenters. The number of halogens is 1. The maximum Gasteiger partial charge on any atom is 0.227 e. The van der Waals surface area contributed by atoms with Gasteiger partial charge < -0.3 is 14.2 Å². The van der Waals surface area contributed by atoms with Crippen LogP contribution in [-0.2, 0) is 11.3 Å². The van der Waals surface area contributed by atoms with Crippen molar-refractivity contribution in [3.63, 3.8) is 0 Å². The Morgan fingerprint density at radius 3 is 2.60 bits per heavy atom. The fraction of sp³-hybridized carbons (Fsp3) is 0.310. The van der Waals surface area contributed by atoms with E-state index in [2.05, 4.69) is 36.6 Å². The van der Waals surface area contributed by atoms with E-state index < -0.39 is 0 Å². The van der Waals surface area contributed by atoms with E-state index in [1.54, 1.807) is 4.90 Å². The Labute approximate surface area is 211 Å². The lowest BCUT2D eigenvalue weighted by Gasteiger charge is -2.19. The Bertz CT molecular complexity index is 1350. The number of hydrogen-bond acceptors (Lipinski definition) is 3. The molecule has 5 rings (SSSR count). The summed E-state index contributed by atoms with van der Waals surface area (Å²) in [5, 5.41) is 0.592. The van der Waals surface area contributed by atoms with Crippen LogP contribution >= 0.6 is 11.6 Å². The number of fused-ring (bicyclic) bond motifs is 1. The van der Waals surface area contributed by atoms with Gasteiger partial charge in [0.05, 0.1) is 28.4 Å². The second kappa shape index (κ2) is 10.1. The largest absolute Gasteiger partial charge is 0.493 e. The number of carbonyl (C=O) groups is 1. The molecular weight excluding hydrogens is 458 g/mol. The number of aryl methyl sites for hydroxylation is 1. The van der Waals surface area contributed by atoms with Gasteiger partial charge in [0.1, 0.15) is 11.6 Å². The average molecular weight is 488 g/mol. The molecule has 1 fully saturated rings. The molecule has 3 aromatic carbocycles. The molecule has 0 N–H and O–H groups in total. The van der Waals surface area contributed by atoms with E-state index >= 15 is 0 Å². The zero-order valence-electron chi connectivity index (χ0n) is 20.2. The summed E-state index contributed by atoms with van der Waals surface area (Å²) in [6, 6.07) is 23.9. The zero-order chi connectivity index (χ0) is 24.4. The number of nitrogens with zero attached hydrogens (tertiary/aromatic N) is 3. The van der Waals surface area contributed by atoms with E-state index in [0.717, 1.165) is 41.3 Å². The van der Waals surface area contributed by atoms with Crippen molar-refractivity contribution in [2.45, 2.75) is 45.1 Å². The van der Waals surface area contributed by atoms with Crippen molar-refractivity contribution >= 4 is 34.2 Å². The lowest BCUT2D eigenvalue weighted by molar-refractivity contribution is -0.117. The van der Waals surface area contributed by atoms with Crippen LogP contribution < -0.4 is 9.64 Å². The Balaban J connectivity index is 1.35. The molecule has 4 aromatic rings. The van der Waals surface area contributed by atoms with Gasteiger partial charge in [-0.25, -0.2) is 4.98 Å². The van der Waals surface area contributed by atoms with E-state index in [0.29, 0.717) is 30.5 Å². The number of aromatic nitrogens is 2. The van der Waals surface area contributed by atoms with Gasteiger partial charge in [-0.2, -0.15) is 0 Å². The Morgan fingerprint density at radius 2 is 1.77 bits per heavy atom. The van der Waals surface area contributed by atoms with Crippen LogP contribution in [0, 0.1) is 0 Å². The first-order chi connectivity index (χ1) is 17.0. The van der Waals surface area contributed by atoms with Crippen LogP contribution in [0.2, 0.25) is 5.02 Å². The molecule has 35 heavy (non-hydrogen) atoms. The zero-order valence-corrected chi connectivity index (χ0v) is 20.9. The normalized spacial score (nSPS) is 15.9. The fourth-order valence-corrected chi connectivity index (χ4v) is 5.16. The molecule has 1 saturated heterocycles. The number of benzene rings is 3. The summed E-state index contributed by atoms with van der Waals surface area (Å²) >= 11 is 6.40. The SMILES string of the molecule is CC(C)c1ccccc1OCCCn1c(C2CC(=O)N(c3ccccc3Cl)C2)nc2ccccc21. The number of carbonyl (C=O) groups excluding carboxylic acids is 1. The first-order valence-electron chi connectivity index (χ1n) is 12.2. The average Bonchev–Trinajstić information content (AvgIpc) is 3.42. The molecule has 1 aliphatic rings. The summed E-state index contributed by atoms with van der Waals surface area (Å²) in [5.41, 5.74) is 4.04. The molecule has 0 radical (unpaired) electrons. The highest BCUT2D eigenvalue weighted by atomic mass is 35.5. The van der Waals surface area contributed by atoms with E-state index in [1.807, 2.05) is 54.6 Å². The molecule has 180 valence electrons. The van der Waals surface area contributed by atoms with Crippen LogP contribution in [0.4, 0.5) is 5.69 Å². The summed E-state index contributed by atoms with van der Waals surface area (Å²) in [6.07, 6.45) is 1.27. The predicted octanol–water partition coefficient (Wildman–Crippen LogP) is 6.80. The van der Waals surface area contributed by atoms with Gasteiger partial charge >= 0.3 is 0 Å². The quantitative estimate of drug-likeness (QED) is 0.257. The van der Waals surface area contributed by atoms with Crippen LogP contribution in [0.1, 0.15) is 49.9 Å². The molecule has 1 amide bonds. The molecular formula is C29H30ClN3O2. The minimum Gasteiger partial charge on any atom is -0.493 e. The van der Waals surface area contributed by atoms with Gasteiger partial charge in [-0.3, -0.25) is 4.79 Å². The summed E-state index contributed by atoms with van der Waals surface area (Å²) in [4.78, 5) is 19.7. The van der Waals surface area contributed by atoms with Gasteiger partial charge in [-0.15, -0.1) is 0 Å². The van der Waals surface area contributed by atoms with E-state index in [1.165, 1.54) is 5.56 Å². The third kappa shape index (κ3) is 4.78. The summed E-state index contributed by atoms with van der Waals surface area (Å²) in [7, 11) is 0. The maximum atomic E-state index is 13.0. The Kier molecular flexibility index (Phi) is 6.78. The van der Waals surface area contributed by atoms with Crippen molar-refractivity contribution in [3.8, 4) is 5.75 Å². The van der Waals surface area contributed by atoms with E-state index in [9.17, 15) is 4.79 Å². The number of rotatable bonds is 8. The van der Waals surface area contributed by atoms with Crippen molar-refractivity contribution in [1.82, 2.24) is 9.55 Å². The smallest absolute Gasteiger partial charge is 0.227 e. The number of anilines is 1. The second-order valence-corrected chi connectivity index (χ2v) is 9.77. The lowest BCUT2D eigenvalue weighted by atomic mass is 10.0. The third-order valence-electron chi connectivity index (χ3n) is 6.64. The van der Waals surface area contributed by atoms with Gasteiger partial charge in [0.2, 0.25) is 5.91 Å². The van der Waals surface area contributed by atoms with Crippen LogP contribution in [0.5, 0.6) is 5.75 Å². The third-order valence-corrected chi connectivity index (χ3v) is 6.96. The number of ether oxygens (including phenoxy) is 1. The van der Waals surface area contributed by atoms with Gasteiger partial charge in [0.15, 0.2) is 0 Å². The van der Waals surface area contributed by atoms with Gasteiger partial charge in [0, 0.05) is 25.4 Å². The highest BCUT2D eigenvalue weighted by Gasteiger charge is 2.35. The second-order valence-electron chi connectivity index (χ2n) is 9.36. The Morgan fingerprint density at radius 1 is 1.03 bits per heavy atom. The molecule has 2 heterocycles. The van der Waals surface area contributed by atoms with Crippen LogP contribution in [0.15, 0.2) is 72.8 Å². The lowest BCUT2D eigenvalue weighted by Crippen LogP contribution is -2.24. The highest BCUT2D eigenvalue weighted by molar-refractivity contribution is 6.33. The van der Waals surface area contributed by atoms with Crippen LogP contribution in [-0.4, -0.2) is 28.6 Å². The van der Waals surface area contributed by atoms with Crippen molar-refractivity contribution in [1.29, 1.82) is 0 Å². The summed E-state index contributed by atoms with van der Waals surface area (Å²) in [5.74, 6) is 2.41. The van der Waals surface area contributed by atoms with Gasteiger partial charge in [-0.05, 0) is 48.2 Å². The highest BCUT2D eigenvalue weighted by Crippen LogP contribution is 2.36. The van der Waals surface area contributed by atoms with Crippen LogP contribution in [0.3, 0.4) is 0 Å². The minimum atomic E-state index is 0.00811. The van der Waals surface area contributed by atoms with Gasteiger partial charge in [0.25, 0.3) is 0 Å². The van der Waals surface area contributed by atoms with Crippen molar-refractivity contribution < 1.29 is 9.53 Å². The molecule has 5 nitrogen and oxygen atoms in total. The molecule has 0 aliphatic carbocycles. The standard InChI is InChI=1S/C29H30ClN3O2/c1-20(2)22-10-3-8-15-27(22)35-17-9-16-32-26-14-7-5-12-24(26)31-29(32)21-18-28(34)33(19-21)25-13-6-4-11-23(25)30/h3-8,10-15,20-21H,9,16-19H2,1-2H3. The first-order valence-corrected chi connectivity index (χ1v) is 12.6. The molecule has 6 heteroatoms. The Hall–Kier alpha value is -3.31. The predicted molar refractivity (Wildman–Crippen MR) is 142 cm³/mol. The number of para-hydroxylation sites is 4. The number of hydrogen-bond donors (Lipinski definition) is 0. The molecule has 0 spiro atoms. The molecule has 0 saturated carbocycles. The number of amides is 1. The van der Waals surface area contributed by atoms with Crippen molar-refractivity contribution in [3.05, 3.63) is 89.2 Å². The molecule has 1 aromatic heterocycles.